The van der Waals surface area contributed by atoms with Gasteiger partial charge in [0, 0.05) is 5.69 Å². The van der Waals surface area contributed by atoms with Gasteiger partial charge in [0.1, 0.15) is 24.0 Å². The third kappa shape index (κ3) is 4.41. The molecule has 0 spiro atoms. The molecule has 0 aliphatic heterocycles. The fraction of sp³-hybridized carbons (Fsp3) is 0.100. The van der Waals surface area contributed by atoms with Crippen LogP contribution in [0.3, 0.4) is 0 Å². The molecule has 4 nitrogen and oxygen atoms in total. The number of hydrogen-bond acceptors (Lipinski definition) is 3. The van der Waals surface area contributed by atoms with Gasteiger partial charge in [-0.1, -0.05) is 30.3 Å². The van der Waals surface area contributed by atoms with Crippen LogP contribution >= 0.6 is 0 Å². The molecule has 1 aromatic heterocycles. The van der Waals surface area contributed by atoms with Gasteiger partial charge in [-0.2, -0.15) is 0 Å². The minimum atomic E-state index is -0.298. The highest BCUT2D eigenvalue weighted by atomic mass is 19.1. The second kappa shape index (κ2) is 7.57. The molecule has 0 radical (unpaired) electrons. The molecule has 126 valence electrons. The fourth-order valence-electron chi connectivity index (χ4n) is 2.32. The van der Waals surface area contributed by atoms with Crippen molar-refractivity contribution in [1.82, 2.24) is 4.98 Å². The Balaban J connectivity index is 1.73. The van der Waals surface area contributed by atoms with Gasteiger partial charge in [0.25, 0.3) is 5.91 Å². The van der Waals surface area contributed by atoms with Crippen molar-refractivity contribution < 1.29 is 13.9 Å². The Morgan fingerprint density at radius 3 is 2.56 bits per heavy atom. The lowest BCUT2D eigenvalue weighted by molar-refractivity contribution is 0.102. The molecular weight excluding hydrogens is 319 g/mol. The summed E-state index contributed by atoms with van der Waals surface area (Å²) < 4.78 is 18.7. The number of nitrogens with zero attached hydrogens (tertiary/aromatic N) is 1. The molecule has 1 amide bonds. The molecule has 0 aliphatic carbocycles. The van der Waals surface area contributed by atoms with Gasteiger partial charge in [-0.15, -0.1) is 0 Å². The molecule has 0 atom stereocenters. The molecule has 0 saturated heterocycles. The zero-order valence-electron chi connectivity index (χ0n) is 13.7. The van der Waals surface area contributed by atoms with E-state index in [-0.39, 0.29) is 18.3 Å². The highest BCUT2D eigenvalue weighted by Gasteiger charge is 2.13. The lowest BCUT2D eigenvalue weighted by atomic mass is 10.2. The van der Waals surface area contributed by atoms with E-state index in [1.807, 2.05) is 19.1 Å². The first-order valence-corrected chi connectivity index (χ1v) is 7.83. The molecule has 3 aromatic rings. The molecule has 0 bridgehead atoms. The zero-order chi connectivity index (χ0) is 17.6. The third-order valence-electron chi connectivity index (χ3n) is 3.57. The van der Waals surface area contributed by atoms with Crippen molar-refractivity contribution in [3.05, 3.63) is 89.4 Å². The Morgan fingerprint density at radius 1 is 1.04 bits per heavy atom. The van der Waals surface area contributed by atoms with Crippen LogP contribution < -0.4 is 10.1 Å². The third-order valence-corrected chi connectivity index (χ3v) is 3.57. The topological polar surface area (TPSA) is 51.2 Å². The largest absolute Gasteiger partial charge is 0.488 e. The Hall–Kier alpha value is -3.21. The second-order valence-corrected chi connectivity index (χ2v) is 5.53. The van der Waals surface area contributed by atoms with E-state index in [0.717, 1.165) is 11.3 Å². The van der Waals surface area contributed by atoms with E-state index in [1.54, 1.807) is 42.5 Å². The van der Waals surface area contributed by atoms with Crippen LogP contribution in [0.25, 0.3) is 0 Å². The van der Waals surface area contributed by atoms with Gasteiger partial charge < -0.3 is 10.1 Å². The van der Waals surface area contributed by atoms with Crippen LogP contribution in [0, 0.1) is 12.7 Å². The minimum absolute atomic E-state index is 0.243. The van der Waals surface area contributed by atoms with Crippen LogP contribution in [0.4, 0.5) is 10.2 Å². The number of benzene rings is 2. The Kier molecular flexibility index (Phi) is 5.04. The summed E-state index contributed by atoms with van der Waals surface area (Å²) >= 11 is 0. The summed E-state index contributed by atoms with van der Waals surface area (Å²) in [4.78, 5) is 16.8. The molecule has 3 rings (SSSR count). The summed E-state index contributed by atoms with van der Waals surface area (Å²) in [7, 11) is 0. The highest BCUT2D eigenvalue weighted by molar-refractivity contribution is 6.05. The van der Waals surface area contributed by atoms with E-state index in [1.165, 1.54) is 12.1 Å². The van der Waals surface area contributed by atoms with Gasteiger partial charge in [-0.05, 0) is 48.9 Å². The van der Waals surface area contributed by atoms with Crippen LogP contribution in [0.15, 0.2) is 66.7 Å². The number of aryl methyl sites for hydroxylation is 1. The van der Waals surface area contributed by atoms with Gasteiger partial charge in [0.2, 0.25) is 0 Å². The molecule has 1 heterocycles. The molecule has 0 aliphatic rings. The Morgan fingerprint density at radius 2 is 1.80 bits per heavy atom. The van der Waals surface area contributed by atoms with E-state index in [9.17, 15) is 9.18 Å². The molecule has 0 unspecified atom stereocenters. The van der Waals surface area contributed by atoms with E-state index in [4.69, 9.17) is 4.74 Å². The van der Waals surface area contributed by atoms with Crippen LogP contribution in [0.1, 0.15) is 21.6 Å². The first-order chi connectivity index (χ1) is 12.1. The number of nitrogens with one attached hydrogen (secondary N) is 1. The van der Waals surface area contributed by atoms with Crippen LogP contribution in [-0.2, 0) is 6.61 Å². The number of ether oxygens (including phenoxy) is 1. The van der Waals surface area contributed by atoms with Crippen LogP contribution in [0.5, 0.6) is 5.75 Å². The summed E-state index contributed by atoms with van der Waals surface area (Å²) in [6.07, 6.45) is 0. The van der Waals surface area contributed by atoms with Crippen molar-refractivity contribution in [2.45, 2.75) is 13.5 Å². The smallest absolute Gasteiger partial charge is 0.260 e. The minimum Gasteiger partial charge on any atom is -0.488 e. The van der Waals surface area contributed by atoms with Crippen molar-refractivity contribution in [2.24, 2.45) is 0 Å². The summed E-state index contributed by atoms with van der Waals surface area (Å²) in [5, 5.41) is 2.77. The van der Waals surface area contributed by atoms with Crippen molar-refractivity contribution in [3.63, 3.8) is 0 Å². The number of pyridine rings is 1. The van der Waals surface area contributed by atoms with Gasteiger partial charge >= 0.3 is 0 Å². The summed E-state index contributed by atoms with van der Waals surface area (Å²) in [5.74, 6) is 0.345. The Labute approximate surface area is 145 Å². The van der Waals surface area contributed by atoms with E-state index in [2.05, 4.69) is 10.3 Å². The van der Waals surface area contributed by atoms with E-state index in [0.29, 0.717) is 17.1 Å². The predicted molar refractivity (Wildman–Crippen MR) is 94.1 cm³/mol. The monoisotopic (exact) mass is 336 g/mol. The number of halogens is 1. The number of amides is 1. The number of aromatic nitrogens is 1. The number of anilines is 1. The maximum absolute atomic E-state index is 13.0. The van der Waals surface area contributed by atoms with Gasteiger partial charge in [-0.3, -0.25) is 4.79 Å². The zero-order valence-corrected chi connectivity index (χ0v) is 13.7. The van der Waals surface area contributed by atoms with Gasteiger partial charge in [0.05, 0.1) is 5.56 Å². The average Bonchev–Trinajstić information content (AvgIpc) is 2.61. The first-order valence-electron chi connectivity index (χ1n) is 7.83. The second-order valence-electron chi connectivity index (χ2n) is 5.53. The standard InChI is InChI=1S/C20H17FN2O2/c1-14-5-4-8-19(22-14)23-20(24)17-6-2-3-7-18(17)25-13-15-9-11-16(21)12-10-15/h2-12H,13H2,1H3,(H,22,23,24). The van der Waals surface area contributed by atoms with Crippen LogP contribution in [0.2, 0.25) is 0 Å². The average molecular weight is 336 g/mol. The molecule has 0 saturated carbocycles. The number of carbonyl (C=O) groups excluding carboxylic acids is 1. The SMILES string of the molecule is Cc1cccc(NC(=O)c2ccccc2OCc2ccc(F)cc2)n1. The molecule has 0 fully saturated rings. The molecule has 1 N–H and O–H groups in total. The number of hydrogen-bond donors (Lipinski definition) is 1. The Bertz CT molecular complexity index is 879. The number of para-hydroxylation sites is 1. The van der Waals surface area contributed by atoms with Crippen LogP contribution in [-0.4, -0.2) is 10.9 Å². The van der Waals surface area contributed by atoms with Crippen molar-refractivity contribution in [3.8, 4) is 5.75 Å². The first kappa shape index (κ1) is 16.6. The predicted octanol–water partition coefficient (Wildman–Crippen LogP) is 4.36. The molecule has 5 heteroatoms. The van der Waals surface area contributed by atoms with Crippen molar-refractivity contribution in [1.29, 1.82) is 0 Å². The maximum atomic E-state index is 13.0. The van der Waals surface area contributed by atoms with E-state index >= 15 is 0 Å². The lowest BCUT2D eigenvalue weighted by Gasteiger charge is -2.12. The number of rotatable bonds is 5. The molecule has 25 heavy (non-hydrogen) atoms. The maximum Gasteiger partial charge on any atom is 0.260 e. The fourth-order valence-corrected chi connectivity index (χ4v) is 2.32. The highest BCUT2D eigenvalue weighted by Crippen LogP contribution is 2.21. The normalized spacial score (nSPS) is 10.3. The number of carbonyl (C=O) groups is 1. The summed E-state index contributed by atoms with van der Waals surface area (Å²) in [6, 6.07) is 18.4. The van der Waals surface area contributed by atoms with Crippen molar-refractivity contribution in [2.75, 3.05) is 5.32 Å². The summed E-state index contributed by atoms with van der Waals surface area (Å²) in [6.45, 7) is 2.10. The van der Waals surface area contributed by atoms with Crippen molar-refractivity contribution >= 4 is 11.7 Å². The van der Waals surface area contributed by atoms with Gasteiger partial charge in [0.15, 0.2) is 0 Å². The quantitative estimate of drug-likeness (QED) is 0.753. The van der Waals surface area contributed by atoms with E-state index < -0.39 is 0 Å². The lowest BCUT2D eigenvalue weighted by Crippen LogP contribution is -2.14. The van der Waals surface area contributed by atoms with Gasteiger partial charge in [-0.25, -0.2) is 9.37 Å². The summed E-state index contributed by atoms with van der Waals surface area (Å²) in [5.41, 5.74) is 2.04. The molecule has 2 aromatic carbocycles. The molecular formula is C20H17FN2O2.